The Labute approximate surface area is 140 Å². The van der Waals surface area contributed by atoms with Crippen molar-refractivity contribution >= 4 is 49.5 Å². The first kappa shape index (κ1) is 12.8. The summed E-state index contributed by atoms with van der Waals surface area (Å²) in [6.07, 6.45) is 0. The maximum atomic E-state index is 13.2. The summed E-state index contributed by atoms with van der Waals surface area (Å²) in [6, 6.07) is 19.6. The molecule has 6 aromatic rings. The summed E-state index contributed by atoms with van der Waals surface area (Å²) in [4.78, 5) is 24.5. The van der Waals surface area contributed by atoms with Gasteiger partial charge in [0, 0.05) is 21.8 Å². The van der Waals surface area contributed by atoms with E-state index in [0.717, 1.165) is 38.4 Å². The van der Waals surface area contributed by atoms with E-state index in [9.17, 15) is 4.79 Å². The number of H-pyrrole nitrogens is 2. The van der Waals surface area contributed by atoms with Crippen molar-refractivity contribution in [3.05, 3.63) is 71.0 Å². The number of nitrogens with one attached hydrogen (secondary N) is 2. The highest BCUT2D eigenvalue weighted by atomic mass is 16.1. The van der Waals surface area contributed by atoms with Crippen LogP contribution in [0.25, 0.3) is 49.5 Å². The lowest BCUT2D eigenvalue weighted by atomic mass is 10.1. The predicted octanol–water partition coefficient (Wildman–Crippen LogP) is 3.96. The third-order valence-electron chi connectivity index (χ3n) is 4.89. The van der Waals surface area contributed by atoms with Gasteiger partial charge in [0.2, 0.25) is 5.78 Å². The highest BCUT2D eigenvalue weighted by molar-refractivity contribution is 6.19. The molecule has 5 heteroatoms. The van der Waals surface area contributed by atoms with E-state index in [1.807, 2.05) is 54.6 Å². The van der Waals surface area contributed by atoms with Crippen LogP contribution in [0.2, 0.25) is 0 Å². The Bertz CT molecular complexity index is 1520. The number of rotatable bonds is 0. The summed E-state index contributed by atoms with van der Waals surface area (Å²) in [5.41, 5.74) is 4.45. The van der Waals surface area contributed by atoms with Crippen LogP contribution in [0.5, 0.6) is 0 Å². The zero-order valence-corrected chi connectivity index (χ0v) is 13.1. The van der Waals surface area contributed by atoms with Crippen molar-refractivity contribution < 1.29 is 0 Å². The summed E-state index contributed by atoms with van der Waals surface area (Å²) in [6.45, 7) is 0. The molecule has 0 spiro atoms. The molecule has 3 aromatic heterocycles. The maximum absolute atomic E-state index is 13.2. The number of nitrogens with zero attached hydrogens (tertiary/aromatic N) is 2. The topological polar surface area (TPSA) is 66.0 Å². The Kier molecular flexibility index (Phi) is 2.18. The summed E-state index contributed by atoms with van der Waals surface area (Å²) >= 11 is 0. The molecule has 0 aliphatic carbocycles. The quantitative estimate of drug-likeness (QED) is 0.444. The zero-order chi connectivity index (χ0) is 16.5. The molecule has 0 aliphatic rings. The number of fused-ring (bicyclic) bond motifs is 8. The number of hydrogen-bond acceptors (Lipinski definition) is 2. The molecule has 2 N–H and O–H groups in total. The van der Waals surface area contributed by atoms with Crippen molar-refractivity contribution in [3.8, 4) is 0 Å². The fourth-order valence-electron chi connectivity index (χ4n) is 3.80. The van der Waals surface area contributed by atoms with Gasteiger partial charge in [-0.05, 0) is 30.3 Å². The van der Waals surface area contributed by atoms with Crippen molar-refractivity contribution in [1.82, 2.24) is 19.4 Å². The molecule has 0 bridgehead atoms. The van der Waals surface area contributed by atoms with E-state index in [2.05, 4.69) is 21.0 Å². The van der Waals surface area contributed by atoms with Crippen molar-refractivity contribution in [2.24, 2.45) is 0 Å². The molecule has 0 aliphatic heterocycles. The van der Waals surface area contributed by atoms with Crippen LogP contribution in [0.4, 0.5) is 0 Å². The molecule has 0 fully saturated rings. The summed E-state index contributed by atoms with van der Waals surface area (Å²) < 4.78 is 1.69. The molecule has 0 unspecified atom stereocenters. The number of hydrogen-bond donors (Lipinski definition) is 2. The molecule has 5 nitrogen and oxygen atoms in total. The van der Waals surface area contributed by atoms with Crippen LogP contribution in [-0.2, 0) is 0 Å². The van der Waals surface area contributed by atoms with Crippen LogP contribution in [-0.4, -0.2) is 19.4 Å². The normalized spacial score (nSPS) is 12.2. The average molecular weight is 324 g/mol. The van der Waals surface area contributed by atoms with Crippen LogP contribution in [0, 0.1) is 0 Å². The fourth-order valence-corrected chi connectivity index (χ4v) is 3.80. The van der Waals surface area contributed by atoms with Crippen molar-refractivity contribution in [1.29, 1.82) is 0 Å². The molecule has 0 saturated heterocycles. The van der Waals surface area contributed by atoms with E-state index in [0.29, 0.717) is 11.2 Å². The maximum Gasteiger partial charge on any atom is 0.267 e. The van der Waals surface area contributed by atoms with Crippen LogP contribution in [0.1, 0.15) is 0 Å². The smallest absolute Gasteiger partial charge is 0.267 e. The third kappa shape index (κ3) is 1.52. The molecule has 0 amide bonds. The Balaban J connectivity index is 1.99. The van der Waals surface area contributed by atoms with Crippen LogP contribution in [0.3, 0.4) is 0 Å². The monoisotopic (exact) mass is 324 g/mol. The molecular weight excluding hydrogens is 312 g/mol. The SMILES string of the molecule is O=c1c2ccccc2[nH]c2nc3ccc4[nH]c5ccccc5c4c3n12. The Hall–Kier alpha value is -3.60. The van der Waals surface area contributed by atoms with Crippen LogP contribution in [0.15, 0.2) is 65.5 Å². The number of aromatic amines is 2. The van der Waals surface area contributed by atoms with Gasteiger partial charge in [-0.2, -0.15) is 0 Å². The lowest BCUT2D eigenvalue weighted by Gasteiger charge is -2.01. The Morgan fingerprint density at radius 2 is 1.48 bits per heavy atom. The zero-order valence-electron chi connectivity index (χ0n) is 13.1. The van der Waals surface area contributed by atoms with E-state index in [4.69, 9.17) is 0 Å². The third-order valence-corrected chi connectivity index (χ3v) is 4.89. The van der Waals surface area contributed by atoms with Gasteiger partial charge in [-0.1, -0.05) is 30.3 Å². The van der Waals surface area contributed by atoms with Gasteiger partial charge in [0.1, 0.15) is 0 Å². The van der Waals surface area contributed by atoms with Crippen LogP contribution < -0.4 is 5.56 Å². The summed E-state index contributed by atoms with van der Waals surface area (Å²) in [7, 11) is 0. The first-order valence-corrected chi connectivity index (χ1v) is 8.14. The molecule has 0 atom stereocenters. The van der Waals surface area contributed by atoms with Gasteiger partial charge >= 0.3 is 0 Å². The van der Waals surface area contributed by atoms with Crippen molar-refractivity contribution in [2.75, 3.05) is 0 Å². The van der Waals surface area contributed by atoms with E-state index in [1.165, 1.54) is 0 Å². The Morgan fingerprint density at radius 1 is 0.760 bits per heavy atom. The second-order valence-electron chi connectivity index (χ2n) is 6.27. The number of aromatic nitrogens is 4. The van der Waals surface area contributed by atoms with Gasteiger partial charge in [-0.25, -0.2) is 9.38 Å². The van der Waals surface area contributed by atoms with Gasteiger partial charge in [-0.3, -0.25) is 4.79 Å². The number of para-hydroxylation sites is 2. The Morgan fingerprint density at radius 3 is 2.32 bits per heavy atom. The molecule has 0 saturated carbocycles. The molecule has 3 heterocycles. The fraction of sp³-hybridized carbons (Fsp3) is 0. The number of imidazole rings is 1. The minimum Gasteiger partial charge on any atom is -0.354 e. The van der Waals surface area contributed by atoms with Gasteiger partial charge in [0.15, 0.2) is 0 Å². The van der Waals surface area contributed by atoms with Gasteiger partial charge in [0.25, 0.3) is 5.56 Å². The molecule has 118 valence electrons. The minimum atomic E-state index is -0.0513. The molecule has 25 heavy (non-hydrogen) atoms. The van der Waals surface area contributed by atoms with Gasteiger partial charge in [0.05, 0.1) is 21.9 Å². The summed E-state index contributed by atoms with van der Waals surface area (Å²) in [5, 5.41) is 2.78. The highest BCUT2D eigenvalue weighted by Gasteiger charge is 2.16. The first-order valence-electron chi connectivity index (χ1n) is 8.14. The minimum absolute atomic E-state index is 0.0513. The largest absolute Gasteiger partial charge is 0.354 e. The first-order chi connectivity index (χ1) is 12.3. The second-order valence-corrected chi connectivity index (χ2v) is 6.27. The summed E-state index contributed by atoms with van der Waals surface area (Å²) in [5.74, 6) is 0.566. The van der Waals surface area contributed by atoms with Gasteiger partial charge in [-0.15, -0.1) is 0 Å². The molecule has 3 aromatic carbocycles. The standard InChI is InChI=1S/C20H12N4O/c25-19-12-6-2-4-8-14(12)22-20-23-16-10-9-15-17(18(16)24(19)20)11-5-1-3-7-13(11)21-15/h1-10,21H,(H,22,23). The van der Waals surface area contributed by atoms with Gasteiger partial charge < -0.3 is 9.97 Å². The van der Waals surface area contributed by atoms with Crippen molar-refractivity contribution in [3.63, 3.8) is 0 Å². The van der Waals surface area contributed by atoms with E-state index >= 15 is 0 Å². The predicted molar refractivity (Wildman–Crippen MR) is 100 cm³/mol. The lowest BCUT2D eigenvalue weighted by Crippen LogP contribution is -2.13. The molecule has 0 radical (unpaired) electrons. The van der Waals surface area contributed by atoms with E-state index in [1.54, 1.807) is 4.40 Å². The molecular formula is C20H12N4O. The highest BCUT2D eigenvalue weighted by Crippen LogP contribution is 2.32. The molecule has 6 rings (SSSR count). The van der Waals surface area contributed by atoms with Crippen molar-refractivity contribution in [2.45, 2.75) is 0 Å². The van der Waals surface area contributed by atoms with E-state index < -0.39 is 0 Å². The second kappa shape index (κ2) is 4.27. The average Bonchev–Trinajstić information content (AvgIpc) is 3.19. The lowest BCUT2D eigenvalue weighted by molar-refractivity contribution is 1.12. The van der Waals surface area contributed by atoms with Crippen LogP contribution >= 0.6 is 0 Å². The number of benzene rings is 3. The van der Waals surface area contributed by atoms with E-state index in [-0.39, 0.29) is 5.56 Å².